The Balaban J connectivity index is 2.08. The number of aromatic nitrogens is 1. The topological polar surface area (TPSA) is 28.2 Å². The van der Waals surface area contributed by atoms with Gasteiger partial charge >= 0.3 is 0 Å². The molecule has 0 fully saturated rings. The fourth-order valence-electron chi connectivity index (χ4n) is 2.20. The summed E-state index contributed by atoms with van der Waals surface area (Å²) in [5.41, 5.74) is 3.90. The molecule has 0 amide bonds. The highest BCUT2D eigenvalue weighted by Crippen LogP contribution is 2.24. The number of hydrogen-bond acceptors (Lipinski definition) is 3. The number of rotatable bonds is 6. The minimum atomic E-state index is 0.877. The minimum Gasteiger partial charge on any atom is -0.374 e. The van der Waals surface area contributed by atoms with E-state index in [0.29, 0.717) is 0 Å². The molecule has 0 aliphatic heterocycles. The van der Waals surface area contributed by atoms with E-state index in [1.54, 1.807) is 0 Å². The second-order valence-corrected chi connectivity index (χ2v) is 5.75. The molecular weight excluding hydrogens is 314 g/mol. The quantitative estimate of drug-likeness (QED) is 0.879. The minimum absolute atomic E-state index is 0.877. The van der Waals surface area contributed by atoms with Gasteiger partial charge in [-0.15, -0.1) is 0 Å². The standard InChI is InChI=1S/C16H20BrN3/c1-18-12-14-3-4-15(17)11-16(14)20(2)10-7-13-5-8-19-9-6-13/h3-6,8-9,11,18H,7,10,12H2,1-2H3. The van der Waals surface area contributed by atoms with Crippen LogP contribution in [0.5, 0.6) is 0 Å². The Morgan fingerprint density at radius 2 is 1.95 bits per heavy atom. The summed E-state index contributed by atoms with van der Waals surface area (Å²) in [4.78, 5) is 6.36. The molecule has 0 atom stereocenters. The highest BCUT2D eigenvalue weighted by atomic mass is 79.9. The summed E-state index contributed by atoms with van der Waals surface area (Å²) in [5.74, 6) is 0. The molecule has 0 saturated carbocycles. The molecule has 1 aromatic heterocycles. The lowest BCUT2D eigenvalue weighted by Gasteiger charge is -2.23. The molecule has 0 bridgehead atoms. The molecule has 1 N–H and O–H groups in total. The smallest absolute Gasteiger partial charge is 0.0420 e. The van der Waals surface area contributed by atoms with Crippen LogP contribution in [0.25, 0.3) is 0 Å². The SMILES string of the molecule is CNCc1ccc(Br)cc1N(C)CCc1ccncc1. The first-order valence-corrected chi connectivity index (χ1v) is 7.53. The molecule has 1 heterocycles. The van der Waals surface area contributed by atoms with Gasteiger partial charge in [0.25, 0.3) is 0 Å². The molecule has 0 unspecified atom stereocenters. The highest BCUT2D eigenvalue weighted by Gasteiger charge is 2.08. The van der Waals surface area contributed by atoms with Crippen LogP contribution >= 0.6 is 15.9 Å². The van der Waals surface area contributed by atoms with Gasteiger partial charge in [0.05, 0.1) is 0 Å². The van der Waals surface area contributed by atoms with Gasteiger partial charge in [0, 0.05) is 42.7 Å². The van der Waals surface area contributed by atoms with Crippen LogP contribution in [0.2, 0.25) is 0 Å². The molecular formula is C16H20BrN3. The lowest BCUT2D eigenvalue weighted by atomic mass is 10.1. The Hall–Kier alpha value is -1.39. The van der Waals surface area contributed by atoms with Crippen molar-refractivity contribution in [1.82, 2.24) is 10.3 Å². The third kappa shape index (κ3) is 4.05. The van der Waals surface area contributed by atoms with E-state index in [9.17, 15) is 0 Å². The highest BCUT2D eigenvalue weighted by molar-refractivity contribution is 9.10. The number of hydrogen-bond donors (Lipinski definition) is 1. The molecule has 3 nitrogen and oxygen atoms in total. The Bertz CT molecular complexity index is 543. The van der Waals surface area contributed by atoms with Crippen LogP contribution in [0.15, 0.2) is 47.2 Å². The predicted molar refractivity (Wildman–Crippen MR) is 88.1 cm³/mol. The van der Waals surface area contributed by atoms with Gasteiger partial charge in [0.2, 0.25) is 0 Å². The van der Waals surface area contributed by atoms with E-state index in [1.165, 1.54) is 16.8 Å². The summed E-state index contributed by atoms with van der Waals surface area (Å²) >= 11 is 3.56. The van der Waals surface area contributed by atoms with Crippen LogP contribution in [-0.4, -0.2) is 25.6 Å². The number of halogens is 1. The number of pyridine rings is 1. The molecule has 0 radical (unpaired) electrons. The summed E-state index contributed by atoms with van der Waals surface area (Å²) in [6, 6.07) is 10.6. The average molecular weight is 334 g/mol. The van der Waals surface area contributed by atoms with Crippen molar-refractivity contribution in [2.45, 2.75) is 13.0 Å². The average Bonchev–Trinajstić information content (AvgIpc) is 2.48. The number of anilines is 1. The van der Waals surface area contributed by atoms with Gasteiger partial charge in [0.1, 0.15) is 0 Å². The van der Waals surface area contributed by atoms with Crippen molar-refractivity contribution in [1.29, 1.82) is 0 Å². The Morgan fingerprint density at radius 3 is 2.65 bits per heavy atom. The molecule has 0 aliphatic carbocycles. The van der Waals surface area contributed by atoms with Crippen molar-refractivity contribution >= 4 is 21.6 Å². The van der Waals surface area contributed by atoms with Gasteiger partial charge in [-0.25, -0.2) is 0 Å². The number of nitrogens with zero attached hydrogens (tertiary/aromatic N) is 2. The van der Waals surface area contributed by atoms with E-state index in [-0.39, 0.29) is 0 Å². The van der Waals surface area contributed by atoms with Crippen molar-refractivity contribution in [2.24, 2.45) is 0 Å². The fourth-order valence-corrected chi connectivity index (χ4v) is 2.55. The molecule has 0 saturated heterocycles. The number of benzene rings is 1. The van der Waals surface area contributed by atoms with E-state index in [0.717, 1.165) is 24.0 Å². The van der Waals surface area contributed by atoms with Gasteiger partial charge in [-0.05, 0) is 48.9 Å². The van der Waals surface area contributed by atoms with Crippen molar-refractivity contribution < 1.29 is 0 Å². The third-order valence-electron chi connectivity index (χ3n) is 3.31. The molecule has 20 heavy (non-hydrogen) atoms. The van der Waals surface area contributed by atoms with Crippen molar-refractivity contribution in [3.63, 3.8) is 0 Å². The Labute approximate surface area is 129 Å². The maximum atomic E-state index is 4.05. The first kappa shape index (κ1) is 15.0. The van der Waals surface area contributed by atoms with E-state index < -0.39 is 0 Å². The molecule has 2 rings (SSSR count). The van der Waals surface area contributed by atoms with Crippen molar-refractivity contribution in [3.8, 4) is 0 Å². The molecule has 1 aromatic carbocycles. The van der Waals surface area contributed by atoms with Gasteiger partial charge in [-0.3, -0.25) is 4.98 Å². The van der Waals surface area contributed by atoms with Gasteiger partial charge < -0.3 is 10.2 Å². The predicted octanol–water partition coefficient (Wildman–Crippen LogP) is 3.24. The Kier molecular flexibility index (Phi) is 5.56. The summed E-state index contributed by atoms with van der Waals surface area (Å²) in [5, 5.41) is 3.22. The molecule has 0 aliphatic rings. The summed E-state index contributed by atoms with van der Waals surface area (Å²) in [6.07, 6.45) is 4.71. The fraction of sp³-hybridized carbons (Fsp3) is 0.312. The largest absolute Gasteiger partial charge is 0.374 e. The maximum absolute atomic E-state index is 4.05. The monoisotopic (exact) mass is 333 g/mol. The van der Waals surface area contributed by atoms with Crippen LogP contribution < -0.4 is 10.2 Å². The summed E-state index contributed by atoms with van der Waals surface area (Å²) in [6.45, 7) is 1.86. The van der Waals surface area contributed by atoms with Gasteiger partial charge in [-0.1, -0.05) is 22.0 Å². The number of nitrogens with one attached hydrogen (secondary N) is 1. The summed E-state index contributed by atoms with van der Waals surface area (Å²) in [7, 11) is 4.12. The van der Waals surface area contributed by atoms with Crippen LogP contribution in [-0.2, 0) is 13.0 Å². The van der Waals surface area contributed by atoms with E-state index in [4.69, 9.17) is 0 Å². The molecule has 2 aromatic rings. The van der Waals surface area contributed by atoms with Crippen molar-refractivity contribution in [2.75, 3.05) is 25.5 Å². The Morgan fingerprint density at radius 1 is 1.20 bits per heavy atom. The second-order valence-electron chi connectivity index (χ2n) is 4.83. The second kappa shape index (κ2) is 7.41. The van der Waals surface area contributed by atoms with E-state index in [2.05, 4.69) is 68.5 Å². The van der Waals surface area contributed by atoms with Crippen LogP contribution in [0.1, 0.15) is 11.1 Å². The zero-order valence-electron chi connectivity index (χ0n) is 11.9. The maximum Gasteiger partial charge on any atom is 0.0420 e. The number of likely N-dealkylation sites (N-methyl/N-ethyl adjacent to an activating group) is 1. The first-order chi connectivity index (χ1) is 9.70. The van der Waals surface area contributed by atoms with Crippen molar-refractivity contribution in [3.05, 3.63) is 58.3 Å². The third-order valence-corrected chi connectivity index (χ3v) is 3.80. The molecule has 106 valence electrons. The molecule has 4 heteroatoms. The van der Waals surface area contributed by atoms with Crippen LogP contribution in [0.4, 0.5) is 5.69 Å². The summed E-state index contributed by atoms with van der Waals surface area (Å²) < 4.78 is 1.11. The zero-order valence-corrected chi connectivity index (χ0v) is 13.5. The van der Waals surface area contributed by atoms with E-state index >= 15 is 0 Å². The van der Waals surface area contributed by atoms with E-state index in [1.807, 2.05) is 19.4 Å². The lowest BCUT2D eigenvalue weighted by Crippen LogP contribution is -2.22. The first-order valence-electron chi connectivity index (χ1n) is 6.74. The van der Waals surface area contributed by atoms with Crippen LogP contribution in [0.3, 0.4) is 0 Å². The zero-order chi connectivity index (χ0) is 14.4. The molecule has 0 spiro atoms. The lowest BCUT2D eigenvalue weighted by molar-refractivity contribution is 0.801. The normalized spacial score (nSPS) is 10.6. The van der Waals surface area contributed by atoms with Crippen LogP contribution in [0, 0.1) is 0 Å². The van der Waals surface area contributed by atoms with Gasteiger partial charge in [0.15, 0.2) is 0 Å². The van der Waals surface area contributed by atoms with Gasteiger partial charge in [-0.2, -0.15) is 0 Å².